The molecule has 6 heteroatoms. The number of amides is 1. The van der Waals surface area contributed by atoms with Gasteiger partial charge in [-0.15, -0.1) is 0 Å². The molecule has 1 amide bonds. The molecule has 1 heterocycles. The molecule has 1 saturated carbocycles. The first kappa shape index (κ1) is 15.2. The van der Waals surface area contributed by atoms with Crippen LogP contribution in [0, 0.1) is 12.7 Å². The quantitative estimate of drug-likeness (QED) is 0.671. The maximum absolute atomic E-state index is 14.1. The Bertz CT molecular complexity index is 835. The van der Waals surface area contributed by atoms with E-state index in [4.69, 9.17) is 0 Å². The summed E-state index contributed by atoms with van der Waals surface area (Å²) in [5.74, 6) is 0.303. The number of nitrogens with zero attached hydrogens (tertiary/aromatic N) is 2. The Hall–Kier alpha value is -2.34. The van der Waals surface area contributed by atoms with Crippen molar-refractivity contribution in [3.05, 3.63) is 58.4 Å². The van der Waals surface area contributed by atoms with Crippen LogP contribution in [0.4, 0.5) is 4.39 Å². The van der Waals surface area contributed by atoms with Gasteiger partial charge in [-0.3, -0.25) is 10.0 Å². The van der Waals surface area contributed by atoms with Crippen LogP contribution in [0.1, 0.15) is 53.4 Å². The van der Waals surface area contributed by atoms with Crippen molar-refractivity contribution in [1.29, 1.82) is 0 Å². The van der Waals surface area contributed by atoms with E-state index in [2.05, 4.69) is 9.97 Å². The summed E-state index contributed by atoms with van der Waals surface area (Å²) in [6.45, 7) is 1.65. The summed E-state index contributed by atoms with van der Waals surface area (Å²) in [5, 5.41) is 9.33. The summed E-state index contributed by atoms with van der Waals surface area (Å²) in [5.41, 5.74) is 3.04. The SMILES string of the molecule is Cc1c(F)cccc1C1(C(=O)NO)CCc2nc(C3CC3)ncc21. The van der Waals surface area contributed by atoms with Gasteiger partial charge in [0.05, 0.1) is 0 Å². The third-order valence-corrected chi connectivity index (χ3v) is 5.24. The van der Waals surface area contributed by atoms with Crippen LogP contribution in [0.2, 0.25) is 0 Å². The van der Waals surface area contributed by atoms with E-state index in [1.54, 1.807) is 30.7 Å². The molecular weight excluding hydrogens is 309 g/mol. The third kappa shape index (κ3) is 2.06. The maximum atomic E-state index is 14.1. The van der Waals surface area contributed by atoms with Crippen molar-refractivity contribution in [3.8, 4) is 0 Å². The molecule has 0 bridgehead atoms. The van der Waals surface area contributed by atoms with Crippen LogP contribution >= 0.6 is 0 Å². The van der Waals surface area contributed by atoms with Gasteiger partial charge in [0.2, 0.25) is 0 Å². The Balaban J connectivity index is 1.92. The van der Waals surface area contributed by atoms with E-state index >= 15 is 0 Å². The zero-order chi connectivity index (χ0) is 16.9. The number of fused-ring (bicyclic) bond motifs is 1. The number of hydrogen-bond donors (Lipinski definition) is 2. The Morgan fingerprint density at radius 3 is 2.88 bits per heavy atom. The fourth-order valence-corrected chi connectivity index (χ4v) is 3.76. The lowest BCUT2D eigenvalue weighted by molar-refractivity contribution is -0.133. The number of aromatic nitrogens is 2. The molecule has 124 valence electrons. The molecule has 1 aromatic carbocycles. The lowest BCUT2D eigenvalue weighted by Gasteiger charge is -2.29. The minimum atomic E-state index is -1.15. The van der Waals surface area contributed by atoms with E-state index in [-0.39, 0.29) is 5.82 Å². The maximum Gasteiger partial charge on any atom is 0.258 e. The van der Waals surface area contributed by atoms with Crippen LogP contribution < -0.4 is 5.48 Å². The predicted octanol–water partition coefficient (Wildman–Crippen LogP) is 2.54. The Morgan fingerprint density at radius 1 is 1.38 bits per heavy atom. The number of carbonyl (C=O) groups excluding carboxylic acids is 1. The zero-order valence-electron chi connectivity index (χ0n) is 13.3. The molecule has 5 nitrogen and oxygen atoms in total. The molecule has 24 heavy (non-hydrogen) atoms. The van der Waals surface area contributed by atoms with Crippen molar-refractivity contribution in [2.45, 2.75) is 43.9 Å². The van der Waals surface area contributed by atoms with Gasteiger partial charge in [0, 0.05) is 23.4 Å². The molecule has 0 saturated heterocycles. The Kier molecular flexibility index (Phi) is 3.38. The highest BCUT2D eigenvalue weighted by molar-refractivity contribution is 5.92. The second-order valence-electron chi connectivity index (χ2n) is 6.62. The van der Waals surface area contributed by atoms with Crippen LogP contribution in [0.5, 0.6) is 0 Å². The average molecular weight is 327 g/mol. The molecular formula is C18H18FN3O2. The van der Waals surface area contributed by atoms with Crippen LogP contribution in [-0.4, -0.2) is 21.1 Å². The normalized spacial score (nSPS) is 22.3. The van der Waals surface area contributed by atoms with Crippen LogP contribution in [0.25, 0.3) is 0 Å². The molecule has 1 atom stereocenters. The minimum absolute atomic E-state index is 0.374. The summed E-state index contributed by atoms with van der Waals surface area (Å²) in [4.78, 5) is 21.7. The number of carbonyl (C=O) groups is 1. The molecule has 2 N–H and O–H groups in total. The Morgan fingerprint density at radius 2 is 2.17 bits per heavy atom. The number of hydroxylamine groups is 1. The first-order valence-corrected chi connectivity index (χ1v) is 8.14. The second-order valence-corrected chi connectivity index (χ2v) is 6.62. The van der Waals surface area contributed by atoms with Crippen LogP contribution in [-0.2, 0) is 16.6 Å². The van der Waals surface area contributed by atoms with Crippen LogP contribution in [0.15, 0.2) is 24.4 Å². The lowest BCUT2D eigenvalue weighted by Crippen LogP contribution is -2.43. The van der Waals surface area contributed by atoms with Crippen molar-refractivity contribution < 1.29 is 14.4 Å². The monoisotopic (exact) mass is 327 g/mol. The molecule has 2 aliphatic rings. The molecule has 0 spiro atoms. The summed E-state index contributed by atoms with van der Waals surface area (Å²) in [6.07, 6.45) is 4.92. The standard InChI is InChI=1S/C18H18FN3O2/c1-10-12(3-2-4-14(10)19)18(17(23)22-24)8-7-15-13(18)9-20-16(21-15)11-5-6-11/h2-4,9,11,24H,5-8H2,1H3,(H,22,23). The van der Waals surface area contributed by atoms with Gasteiger partial charge >= 0.3 is 0 Å². The van der Waals surface area contributed by atoms with E-state index in [1.165, 1.54) is 6.07 Å². The average Bonchev–Trinajstić information content (AvgIpc) is 3.38. The van der Waals surface area contributed by atoms with E-state index in [9.17, 15) is 14.4 Å². The second kappa shape index (κ2) is 5.34. The highest BCUT2D eigenvalue weighted by Gasteiger charge is 2.49. The smallest absolute Gasteiger partial charge is 0.258 e. The number of nitrogens with one attached hydrogen (secondary N) is 1. The van der Waals surface area contributed by atoms with E-state index in [0.717, 1.165) is 24.4 Å². The summed E-state index contributed by atoms with van der Waals surface area (Å²) in [6, 6.07) is 4.69. The lowest BCUT2D eigenvalue weighted by atomic mass is 9.73. The number of rotatable bonds is 3. The van der Waals surface area contributed by atoms with Gasteiger partial charge in [-0.05, 0) is 49.8 Å². The Labute approximate surface area is 138 Å². The molecule has 2 aromatic rings. The fraction of sp³-hybridized carbons (Fsp3) is 0.389. The first-order valence-electron chi connectivity index (χ1n) is 8.14. The molecule has 0 aliphatic heterocycles. The molecule has 1 aromatic heterocycles. The van der Waals surface area contributed by atoms with Gasteiger partial charge in [0.15, 0.2) is 0 Å². The van der Waals surface area contributed by atoms with Gasteiger partial charge in [-0.2, -0.15) is 0 Å². The predicted molar refractivity (Wildman–Crippen MR) is 84.2 cm³/mol. The molecule has 0 radical (unpaired) electrons. The van der Waals surface area contributed by atoms with Crippen molar-refractivity contribution in [2.24, 2.45) is 0 Å². The van der Waals surface area contributed by atoms with Gasteiger partial charge in [-0.1, -0.05) is 12.1 Å². The fourth-order valence-electron chi connectivity index (χ4n) is 3.76. The van der Waals surface area contributed by atoms with Crippen molar-refractivity contribution in [1.82, 2.24) is 15.4 Å². The molecule has 1 unspecified atom stereocenters. The van der Waals surface area contributed by atoms with E-state index < -0.39 is 11.3 Å². The summed E-state index contributed by atoms with van der Waals surface area (Å²) in [7, 11) is 0. The molecule has 4 rings (SSSR count). The van der Waals surface area contributed by atoms with E-state index in [1.807, 2.05) is 0 Å². The van der Waals surface area contributed by atoms with Gasteiger partial charge in [-0.25, -0.2) is 19.8 Å². The minimum Gasteiger partial charge on any atom is -0.289 e. The summed E-state index contributed by atoms with van der Waals surface area (Å²) >= 11 is 0. The van der Waals surface area contributed by atoms with Gasteiger partial charge < -0.3 is 0 Å². The number of benzene rings is 1. The molecule has 2 aliphatic carbocycles. The van der Waals surface area contributed by atoms with Gasteiger partial charge in [0.1, 0.15) is 17.1 Å². The van der Waals surface area contributed by atoms with Crippen LogP contribution in [0.3, 0.4) is 0 Å². The topological polar surface area (TPSA) is 75.1 Å². The number of halogens is 1. The van der Waals surface area contributed by atoms with E-state index in [0.29, 0.717) is 35.4 Å². The largest absolute Gasteiger partial charge is 0.289 e. The molecule has 1 fully saturated rings. The van der Waals surface area contributed by atoms with Gasteiger partial charge in [0.25, 0.3) is 5.91 Å². The van der Waals surface area contributed by atoms with Crippen molar-refractivity contribution >= 4 is 5.91 Å². The highest BCUT2D eigenvalue weighted by atomic mass is 19.1. The van der Waals surface area contributed by atoms with Crippen molar-refractivity contribution in [3.63, 3.8) is 0 Å². The van der Waals surface area contributed by atoms with Crippen molar-refractivity contribution in [2.75, 3.05) is 0 Å². The zero-order valence-corrected chi connectivity index (χ0v) is 13.3. The highest BCUT2D eigenvalue weighted by Crippen LogP contribution is 2.46. The number of hydrogen-bond acceptors (Lipinski definition) is 4. The first-order chi connectivity index (χ1) is 11.6. The third-order valence-electron chi connectivity index (χ3n) is 5.24. The summed E-state index contributed by atoms with van der Waals surface area (Å²) < 4.78 is 14.1. The number of aryl methyl sites for hydroxylation is 1.